The molecule has 0 aliphatic heterocycles. The van der Waals surface area contributed by atoms with Crippen molar-refractivity contribution in [2.24, 2.45) is 16.7 Å². The first kappa shape index (κ1) is 71.6. The summed E-state index contributed by atoms with van der Waals surface area (Å²) in [5.74, 6) is 0.619. The number of allylic oxidation sites excluding steroid dienone is 16. The third-order valence-corrected chi connectivity index (χ3v) is 12.2. The van der Waals surface area contributed by atoms with Gasteiger partial charge < -0.3 is 15.3 Å². The number of aliphatic hydroxyl groups excluding tert-OH is 3. The van der Waals surface area contributed by atoms with Crippen LogP contribution in [0.25, 0.3) is 0 Å². The topological polar surface area (TPSA) is 60.7 Å². The quantitative estimate of drug-likeness (QED) is 0.0820. The fourth-order valence-corrected chi connectivity index (χ4v) is 9.21. The Bertz CT molecular complexity index is 1470. The molecule has 2 aliphatic rings. The van der Waals surface area contributed by atoms with Crippen LogP contribution in [0.4, 0.5) is 0 Å². The fourth-order valence-electron chi connectivity index (χ4n) is 8.06. The molecule has 0 amide bonds. The molecule has 0 fully saturated rings. The number of aliphatic hydroxyl groups is 3. The molecule has 0 aromatic rings. The minimum Gasteiger partial charge on any atom is -0.392 e. The second kappa shape index (κ2) is 41.7. The Balaban J connectivity index is -0.000000232. The van der Waals surface area contributed by atoms with Crippen molar-refractivity contribution in [3.63, 3.8) is 0 Å². The van der Waals surface area contributed by atoms with E-state index in [9.17, 15) is 0 Å². The molecular formula is C52H86Ac3Br2O3. The van der Waals surface area contributed by atoms with Crippen LogP contribution in [0.3, 0.4) is 0 Å². The molecule has 2 aliphatic carbocycles. The maximum absolute atomic E-state index is 8.85. The zero-order valence-electron chi connectivity index (χ0n) is 40.8. The number of hydrogen-bond acceptors (Lipinski definition) is 3. The van der Waals surface area contributed by atoms with Gasteiger partial charge in [-0.25, -0.2) is 0 Å². The van der Waals surface area contributed by atoms with E-state index in [4.69, 9.17) is 15.3 Å². The Hall–Kier alpha value is 2.56. The Morgan fingerprint density at radius 3 is 1.70 bits per heavy atom. The summed E-state index contributed by atoms with van der Waals surface area (Å²) >= 11 is 6.97. The van der Waals surface area contributed by atoms with Crippen LogP contribution in [-0.2, 0) is 0 Å². The van der Waals surface area contributed by atoms with E-state index in [1.54, 1.807) is 22.3 Å². The fraction of sp³-hybridized carbons (Fsp3) is 0.615. The Morgan fingerprint density at radius 1 is 0.733 bits per heavy atom. The first-order valence-electron chi connectivity index (χ1n) is 21.3. The molecule has 60 heavy (non-hydrogen) atoms. The van der Waals surface area contributed by atoms with Gasteiger partial charge in [0.15, 0.2) is 0 Å². The first-order chi connectivity index (χ1) is 26.6. The van der Waals surface area contributed by atoms with Crippen LogP contribution in [-0.4, -0.2) is 45.3 Å². The van der Waals surface area contributed by atoms with E-state index in [2.05, 4.69) is 132 Å². The van der Waals surface area contributed by atoms with Crippen LogP contribution in [0.15, 0.2) is 117 Å². The van der Waals surface area contributed by atoms with Crippen molar-refractivity contribution in [2.45, 2.75) is 166 Å². The molecule has 0 bridgehead atoms. The Labute approximate surface area is 496 Å². The number of halogens is 2. The molecule has 3 nitrogen and oxygen atoms in total. The normalized spacial score (nSPS) is 18.1. The summed E-state index contributed by atoms with van der Waals surface area (Å²) in [4.78, 5) is 0.368. The smallest absolute Gasteiger partial charge is 0.0617 e. The summed E-state index contributed by atoms with van der Waals surface area (Å²) in [6.45, 7) is 35.3. The number of hydrogen-bond donors (Lipinski definition) is 3. The zero-order valence-corrected chi connectivity index (χ0v) is 58.2. The van der Waals surface area contributed by atoms with E-state index < -0.39 is 0 Å². The third-order valence-electron chi connectivity index (χ3n) is 10.8. The van der Waals surface area contributed by atoms with Crippen molar-refractivity contribution in [1.82, 2.24) is 0 Å². The summed E-state index contributed by atoms with van der Waals surface area (Å²) < 4.78 is 0. The van der Waals surface area contributed by atoms with Gasteiger partial charge in [-0.1, -0.05) is 190 Å². The van der Waals surface area contributed by atoms with E-state index in [-0.39, 0.29) is 152 Å². The van der Waals surface area contributed by atoms with Crippen LogP contribution in [0.1, 0.15) is 161 Å². The Kier molecular flexibility index (Phi) is 49.8. The van der Waals surface area contributed by atoms with Gasteiger partial charge in [-0.15, -0.1) is 0 Å². The molecule has 0 aromatic heterocycles. The maximum atomic E-state index is 8.85. The van der Waals surface area contributed by atoms with Crippen LogP contribution in [0, 0.1) is 149 Å². The van der Waals surface area contributed by atoms with Gasteiger partial charge in [0.05, 0.1) is 19.8 Å². The molecule has 0 spiro atoms. The molecule has 3 radical (unpaired) electrons. The molecule has 0 heterocycles. The summed E-state index contributed by atoms with van der Waals surface area (Å²) in [5.41, 5.74) is 14.8. The number of alkyl halides is 2. The van der Waals surface area contributed by atoms with Gasteiger partial charge in [0.1, 0.15) is 0 Å². The molecule has 8 heteroatoms. The molecule has 2 unspecified atom stereocenters. The molecule has 2 atom stereocenters. The van der Waals surface area contributed by atoms with E-state index in [1.807, 2.05) is 58.1 Å². The molecule has 0 aromatic carbocycles. The molecule has 0 saturated heterocycles. The summed E-state index contributed by atoms with van der Waals surface area (Å²) in [5, 5.41) is 27.0. The molecule has 0 saturated carbocycles. The summed E-state index contributed by atoms with van der Waals surface area (Å²) in [6, 6.07) is 0. The van der Waals surface area contributed by atoms with Gasteiger partial charge in [0.25, 0.3) is 0 Å². The van der Waals surface area contributed by atoms with Gasteiger partial charge in [-0.2, -0.15) is 0 Å². The van der Waals surface area contributed by atoms with Crippen LogP contribution < -0.4 is 0 Å². The van der Waals surface area contributed by atoms with Crippen molar-refractivity contribution in [1.29, 1.82) is 0 Å². The van der Waals surface area contributed by atoms with Crippen molar-refractivity contribution in [3.05, 3.63) is 117 Å². The van der Waals surface area contributed by atoms with Crippen molar-refractivity contribution >= 4 is 31.9 Å². The molecule has 2 rings (SSSR count). The summed E-state index contributed by atoms with van der Waals surface area (Å²) in [6.07, 6.45) is 30.3. The van der Waals surface area contributed by atoms with E-state index in [0.29, 0.717) is 21.6 Å². The van der Waals surface area contributed by atoms with Crippen molar-refractivity contribution in [2.75, 3.05) is 25.2 Å². The van der Waals surface area contributed by atoms with Crippen LogP contribution >= 0.6 is 31.9 Å². The van der Waals surface area contributed by atoms with Crippen molar-refractivity contribution < 1.29 is 148 Å². The minimum atomic E-state index is 0. The van der Waals surface area contributed by atoms with Gasteiger partial charge in [0.2, 0.25) is 0 Å². The molecular weight excluding hydrogens is 1510 g/mol. The monoisotopic (exact) mass is 1600 g/mol. The SMILES string of the molecule is C/C(=C\C(Br)C/C(C)=C/CO)CBr.C=C(C)/C=C/C/C(C)=C/CO.CC1=C(C(C)C/C(C)=C/C=C/C(C)=C/CO)C(C)(C)CCC1.CCC1=C(C)CCCC1(C)C.[Ac].[Ac].[Ac]. The van der Waals surface area contributed by atoms with Gasteiger partial charge in [-0.05, 0) is 136 Å². The maximum Gasteiger partial charge on any atom is 0.0617 e. The molecule has 3 N–H and O–H groups in total. The van der Waals surface area contributed by atoms with Gasteiger partial charge in [0, 0.05) is 142 Å². The molecule has 335 valence electrons. The van der Waals surface area contributed by atoms with Crippen molar-refractivity contribution in [3.8, 4) is 0 Å². The average molecular weight is 1600 g/mol. The Morgan fingerprint density at radius 2 is 1.25 bits per heavy atom. The summed E-state index contributed by atoms with van der Waals surface area (Å²) in [7, 11) is 0. The predicted octanol–water partition coefficient (Wildman–Crippen LogP) is 15.8. The zero-order chi connectivity index (χ0) is 44.2. The largest absolute Gasteiger partial charge is 0.392 e. The van der Waals surface area contributed by atoms with Gasteiger partial charge in [-0.3, -0.25) is 0 Å². The second-order valence-corrected chi connectivity index (χ2v) is 19.4. The average Bonchev–Trinajstić information content (AvgIpc) is 3.08. The third kappa shape index (κ3) is 35.7. The van der Waals surface area contributed by atoms with Crippen LogP contribution in [0.2, 0.25) is 0 Å². The van der Waals surface area contributed by atoms with E-state index >= 15 is 0 Å². The van der Waals surface area contributed by atoms with E-state index in [0.717, 1.165) is 35.7 Å². The number of rotatable bonds is 16. The second-order valence-electron chi connectivity index (χ2n) is 17.7. The van der Waals surface area contributed by atoms with Crippen LogP contribution in [0.5, 0.6) is 0 Å². The minimum absolute atomic E-state index is 0. The van der Waals surface area contributed by atoms with E-state index in [1.165, 1.54) is 67.2 Å². The predicted molar refractivity (Wildman–Crippen MR) is 264 cm³/mol. The standard InChI is InChI=1S/C21H34O.C11H20.C10H16Br2O.C10H16O.3Ac/c1-16(12-14-22)9-7-10-17(2)15-19(4)20-18(3)11-8-13-21(20,5)6;1-5-10-9(2)7-6-8-11(10,3)4;1-8(3-4-13)5-10(12)6-9(2)7-11;1-9(2)5-4-6-10(3)7-8-11;;;/h7,9-10,12,19,22H,8,11,13-15H2,1-6H3;5-8H2,1-4H3;3,6,10,13H,4-5,7H2,1-2H3;4-5,7,11H,1,6,8H2,2-3H3;;;/b9-7+,16-12+,17-10+;;8-3+,9-6+;5-4+,10-7+;;;. The first-order valence-corrected chi connectivity index (χ1v) is 23.4. The van der Waals surface area contributed by atoms with Gasteiger partial charge >= 0.3 is 0 Å².